The first kappa shape index (κ1) is 56.5. The van der Waals surface area contributed by atoms with E-state index < -0.39 is 55.6 Å². The fraction of sp³-hybridized carbons (Fsp3) is 0.865. The van der Waals surface area contributed by atoms with Crippen LogP contribution >= 0.6 is 0 Å². The van der Waals surface area contributed by atoms with Crippen LogP contribution in [0.5, 0.6) is 0 Å². The van der Waals surface area contributed by atoms with Crippen molar-refractivity contribution in [1.82, 2.24) is 5.32 Å². The van der Waals surface area contributed by atoms with Crippen LogP contribution in [0.4, 0.5) is 0 Å². The number of unbranched alkanes of at least 4 members (excludes halogenated alkanes) is 26. The third-order valence-electron chi connectivity index (χ3n) is 13.0. The van der Waals surface area contributed by atoms with Crippen molar-refractivity contribution in [3.63, 3.8) is 0 Å². The van der Waals surface area contributed by atoms with Gasteiger partial charge in [0.1, 0.15) is 30.5 Å². The zero-order valence-corrected chi connectivity index (χ0v) is 39.6. The molecule has 2 rings (SSSR count). The molecule has 10 heteroatoms. The lowest BCUT2D eigenvalue weighted by atomic mass is 9.98. The van der Waals surface area contributed by atoms with Gasteiger partial charge in [-0.2, -0.15) is 0 Å². The Labute approximate surface area is 378 Å². The number of amides is 1. The third-order valence-corrected chi connectivity index (χ3v) is 13.0. The maximum Gasteiger partial charge on any atom is 0.220 e. The first-order chi connectivity index (χ1) is 30.2. The van der Waals surface area contributed by atoms with Gasteiger partial charge >= 0.3 is 0 Å². The Morgan fingerprint density at radius 1 is 0.581 bits per heavy atom. The molecule has 0 unspecified atom stereocenters. The Bertz CT molecular complexity index is 1170. The Kier molecular flexibility index (Phi) is 34.2. The summed E-state index contributed by atoms with van der Waals surface area (Å²) in [5.41, 5.74) is 2.70. The van der Waals surface area contributed by atoms with Crippen molar-refractivity contribution in [2.24, 2.45) is 0 Å². The minimum Gasteiger partial charge on any atom is -0.394 e. The van der Waals surface area contributed by atoms with E-state index in [2.05, 4.69) is 43.4 Å². The molecule has 1 heterocycles. The largest absolute Gasteiger partial charge is 0.394 e. The number of aliphatic hydroxyl groups excluding tert-OH is 6. The highest BCUT2D eigenvalue weighted by Gasteiger charge is 2.44. The van der Waals surface area contributed by atoms with Crippen LogP contribution in [0, 0.1) is 0 Å². The topological polar surface area (TPSA) is 169 Å². The summed E-state index contributed by atoms with van der Waals surface area (Å²) in [6, 6.07) is 7.97. The lowest BCUT2D eigenvalue weighted by Gasteiger charge is -2.40. The Morgan fingerprint density at radius 2 is 0.984 bits per heavy atom. The zero-order valence-electron chi connectivity index (χ0n) is 39.6. The van der Waals surface area contributed by atoms with Gasteiger partial charge in [0.05, 0.1) is 25.4 Å². The molecule has 1 amide bonds. The Hall–Kier alpha value is -1.63. The first-order valence-corrected chi connectivity index (χ1v) is 25.9. The van der Waals surface area contributed by atoms with Crippen molar-refractivity contribution in [1.29, 1.82) is 0 Å². The summed E-state index contributed by atoms with van der Waals surface area (Å²) in [5.74, 6) is -0.281. The van der Waals surface area contributed by atoms with Crippen LogP contribution in [0.15, 0.2) is 24.3 Å². The van der Waals surface area contributed by atoms with Gasteiger partial charge in [0.25, 0.3) is 0 Å². The highest BCUT2D eigenvalue weighted by molar-refractivity contribution is 5.76. The van der Waals surface area contributed by atoms with Crippen molar-refractivity contribution in [3.8, 4) is 0 Å². The minimum absolute atomic E-state index is 0.246. The van der Waals surface area contributed by atoms with E-state index >= 15 is 0 Å². The molecule has 10 nitrogen and oxygen atoms in total. The number of ether oxygens (including phenoxy) is 2. The van der Waals surface area contributed by atoms with Crippen molar-refractivity contribution in [3.05, 3.63) is 35.4 Å². The van der Waals surface area contributed by atoms with Crippen molar-refractivity contribution in [2.75, 3.05) is 13.2 Å². The number of carbonyl (C=O) groups excluding carboxylic acids is 1. The first-order valence-electron chi connectivity index (χ1n) is 25.9. The van der Waals surface area contributed by atoms with Gasteiger partial charge in [-0.3, -0.25) is 4.79 Å². The standard InChI is InChI=1S/C52H95NO9/c1-3-5-7-9-11-13-15-17-18-19-21-23-25-28-32-42-36-38-43(39-37-42)33-29-27-31-35-47(56)53-44(41-61-52-51(60)50(59)49(58)46(40-54)62-52)48(57)45(55)34-30-26-24-22-20-16-14-12-10-8-6-4-2/h36-39,44-46,48-52,54-55,57-60H,3-35,40-41H2,1-2H3,(H,53,56)/t44-,45+,46+,48-,49-,50-,51+,52-/m0/s1. The molecule has 1 aromatic carbocycles. The molecule has 0 spiro atoms. The van der Waals surface area contributed by atoms with Crippen LogP contribution in [0.25, 0.3) is 0 Å². The summed E-state index contributed by atoms with van der Waals surface area (Å²) in [7, 11) is 0. The number of benzene rings is 1. The zero-order chi connectivity index (χ0) is 45.0. The van der Waals surface area contributed by atoms with E-state index in [-0.39, 0.29) is 18.9 Å². The molecule has 0 saturated carbocycles. The van der Waals surface area contributed by atoms with Gasteiger partial charge < -0.3 is 45.4 Å². The SMILES string of the molecule is CCCCCCCCCCCCCCCCc1ccc(CCCCCC(=O)N[C@@H](CO[C@H]2O[C@H](CO)[C@H](O)[C@H](O)[C@H]2O)[C@H](O)[C@H](O)CCCCCCCCCCCCCC)cc1. The van der Waals surface area contributed by atoms with E-state index in [4.69, 9.17) is 9.47 Å². The fourth-order valence-corrected chi connectivity index (χ4v) is 8.73. The van der Waals surface area contributed by atoms with E-state index in [1.54, 1.807) is 0 Å². The number of aliphatic hydroxyl groups is 6. The molecule has 362 valence electrons. The van der Waals surface area contributed by atoms with Crippen LogP contribution in [0.2, 0.25) is 0 Å². The lowest BCUT2D eigenvalue weighted by Crippen LogP contribution is -2.60. The van der Waals surface area contributed by atoms with E-state index in [1.807, 2.05) is 0 Å². The number of aryl methyl sites for hydroxylation is 2. The molecule has 1 aliphatic heterocycles. The van der Waals surface area contributed by atoms with Gasteiger partial charge in [0.15, 0.2) is 6.29 Å². The molecular formula is C52H95NO9. The second-order valence-electron chi connectivity index (χ2n) is 18.7. The number of hydrogen-bond donors (Lipinski definition) is 7. The van der Waals surface area contributed by atoms with E-state index in [9.17, 15) is 35.4 Å². The molecule has 0 aliphatic carbocycles. The van der Waals surface area contributed by atoms with Crippen molar-refractivity contribution >= 4 is 5.91 Å². The monoisotopic (exact) mass is 878 g/mol. The summed E-state index contributed by atoms with van der Waals surface area (Å²) in [6.45, 7) is 3.60. The molecule has 1 aromatic rings. The third kappa shape index (κ3) is 26.4. The van der Waals surface area contributed by atoms with E-state index in [0.29, 0.717) is 12.8 Å². The van der Waals surface area contributed by atoms with Gasteiger partial charge in [-0.15, -0.1) is 0 Å². The maximum atomic E-state index is 13.1. The molecule has 7 N–H and O–H groups in total. The Balaban J connectivity index is 1.68. The van der Waals surface area contributed by atoms with E-state index in [0.717, 1.165) is 51.4 Å². The van der Waals surface area contributed by atoms with Gasteiger partial charge in [-0.25, -0.2) is 0 Å². The van der Waals surface area contributed by atoms with E-state index in [1.165, 1.54) is 152 Å². The fourth-order valence-electron chi connectivity index (χ4n) is 8.73. The molecule has 0 bridgehead atoms. The predicted octanol–water partition coefficient (Wildman–Crippen LogP) is 9.93. The number of hydrogen-bond acceptors (Lipinski definition) is 9. The van der Waals surface area contributed by atoms with Crippen LogP contribution in [0.1, 0.15) is 224 Å². The summed E-state index contributed by atoms with van der Waals surface area (Å²) in [5, 5.41) is 65.4. The summed E-state index contributed by atoms with van der Waals surface area (Å²) >= 11 is 0. The molecule has 0 radical (unpaired) electrons. The summed E-state index contributed by atoms with van der Waals surface area (Å²) in [6.07, 6.45) is 28.9. The number of rotatable bonds is 41. The van der Waals surface area contributed by atoms with Crippen LogP contribution in [-0.2, 0) is 27.1 Å². The van der Waals surface area contributed by atoms with Crippen molar-refractivity contribution in [2.45, 2.75) is 275 Å². The highest BCUT2D eigenvalue weighted by Crippen LogP contribution is 2.23. The molecule has 1 fully saturated rings. The van der Waals surface area contributed by atoms with Crippen LogP contribution < -0.4 is 5.32 Å². The number of nitrogens with one attached hydrogen (secondary N) is 1. The average molecular weight is 878 g/mol. The second-order valence-corrected chi connectivity index (χ2v) is 18.7. The molecular weight excluding hydrogens is 783 g/mol. The molecule has 62 heavy (non-hydrogen) atoms. The van der Waals surface area contributed by atoms with Crippen LogP contribution in [-0.4, -0.2) is 98.7 Å². The molecule has 1 aliphatic rings. The predicted molar refractivity (Wildman–Crippen MR) is 252 cm³/mol. The highest BCUT2D eigenvalue weighted by atomic mass is 16.7. The molecule has 1 saturated heterocycles. The smallest absolute Gasteiger partial charge is 0.220 e. The maximum absolute atomic E-state index is 13.1. The second kappa shape index (κ2) is 37.6. The normalized spacial score (nSPS) is 20.6. The van der Waals surface area contributed by atoms with Gasteiger partial charge in [-0.1, -0.05) is 205 Å². The minimum atomic E-state index is -1.61. The Morgan fingerprint density at radius 3 is 1.42 bits per heavy atom. The molecule has 0 aromatic heterocycles. The summed E-state index contributed by atoms with van der Waals surface area (Å²) in [4.78, 5) is 13.1. The van der Waals surface area contributed by atoms with Gasteiger partial charge in [0.2, 0.25) is 5.91 Å². The van der Waals surface area contributed by atoms with Crippen molar-refractivity contribution < 1.29 is 44.9 Å². The number of carbonyl (C=O) groups is 1. The lowest BCUT2D eigenvalue weighted by molar-refractivity contribution is -0.303. The van der Waals surface area contributed by atoms with Crippen LogP contribution in [0.3, 0.4) is 0 Å². The quantitative estimate of drug-likeness (QED) is 0.0317. The van der Waals surface area contributed by atoms with Gasteiger partial charge in [0, 0.05) is 6.42 Å². The summed E-state index contributed by atoms with van der Waals surface area (Å²) < 4.78 is 11.2. The molecule has 8 atom stereocenters. The average Bonchev–Trinajstić information content (AvgIpc) is 3.28. The van der Waals surface area contributed by atoms with Gasteiger partial charge in [-0.05, 0) is 49.7 Å².